The SMILES string of the molecule is O=C1CCC(N2Cc3c(ccc(C[C@H]4CCCC[C@@H]4N[C@H]4CCOC4)c3F)C2=O)C(=O)N1. The summed E-state index contributed by atoms with van der Waals surface area (Å²) in [5.41, 5.74) is 1.35. The number of piperidine rings is 1. The van der Waals surface area contributed by atoms with Gasteiger partial charge in [-0.15, -0.1) is 0 Å². The van der Waals surface area contributed by atoms with Gasteiger partial charge in [-0.1, -0.05) is 18.9 Å². The normalized spacial score (nSPS) is 30.5. The van der Waals surface area contributed by atoms with Crippen molar-refractivity contribution in [1.29, 1.82) is 0 Å². The van der Waals surface area contributed by atoms with Crippen molar-refractivity contribution in [1.82, 2.24) is 15.5 Å². The Morgan fingerprint density at radius 2 is 1.97 bits per heavy atom. The lowest BCUT2D eigenvalue weighted by Gasteiger charge is -2.34. The molecule has 2 N–H and O–H groups in total. The number of nitrogens with one attached hydrogen (secondary N) is 2. The Balaban J connectivity index is 1.32. The zero-order valence-corrected chi connectivity index (χ0v) is 18.2. The topological polar surface area (TPSA) is 87.7 Å². The average molecular weight is 444 g/mol. The van der Waals surface area contributed by atoms with E-state index < -0.39 is 11.9 Å². The maximum atomic E-state index is 15.6. The summed E-state index contributed by atoms with van der Waals surface area (Å²) >= 11 is 0. The number of hydrogen-bond acceptors (Lipinski definition) is 5. The summed E-state index contributed by atoms with van der Waals surface area (Å²) in [6.45, 7) is 1.62. The van der Waals surface area contributed by atoms with Crippen LogP contribution in [-0.4, -0.2) is 54.0 Å². The molecule has 1 saturated carbocycles. The van der Waals surface area contributed by atoms with Crippen LogP contribution in [0, 0.1) is 11.7 Å². The number of halogens is 1. The molecule has 1 aliphatic carbocycles. The number of rotatable bonds is 5. The number of benzene rings is 1. The molecule has 1 aromatic rings. The summed E-state index contributed by atoms with van der Waals surface area (Å²) in [5.74, 6) is -1.11. The lowest BCUT2D eigenvalue weighted by atomic mass is 9.80. The third kappa shape index (κ3) is 4.06. The predicted octanol–water partition coefficient (Wildman–Crippen LogP) is 2.07. The van der Waals surface area contributed by atoms with Gasteiger partial charge in [-0.05, 0) is 49.7 Å². The van der Waals surface area contributed by atoms with E-state index in [4.69, 9.17) is 4.74 Å². The Labute approximate surface area is 187 Å². The largest absolute Gasteiger partial charge is 0.380 e. The molecular formula is C24H30FN3O4. The predicted molar refractivity (Wildman–Crippen MR) is 114 cm³/mol. The van der Waals surface area contributed by atoms with E-state index in [2.05, 4.69) is 10.6 Å². The molecule has 0 aromatic heterocycles. The van der Waals surface area contributed by atoms with Crippen molar-refractivity contribution >= 4 is 17.7 Å². The zero-order valence-electron chi connectivity index (χ0n) is 18.2. The molecule has 4 aliphatic rings. The number of nitrogens with zero attached hydrogens (tertiary/aromatic N) is 1. The minimum atomic E-state index is -0.726. The van der Waals surface area contributed by atoms with Gasteiger partial charge in [0.1, 0.15) is 11.9 Å². The first-order valence-electron chi connectivity index (χ1n) is 11.8. The van der Waals surface area contributed by atoms with E-state index in [0.29, 0.717) is 41.1 Å². The first-order valence-corrected chi connectivity index (χ1v) is 11.8. The van der Waals surface area contributed by atoms with Crippen LogP contribution in [0.1, 0.15) is 66.4 Å². The highest BCUT2D eigenvalue weighted by Crippen LogP contribution is 2.34. The number of hydrogen-bond donors (Lipinski definition) is 2. The van der Waals surface area contributed by atoms with Crippen molar-refractivity contribution in [3.05, 3.63) is 34.6 Å². The number of imide groups is 1. The molecule has 7 nitrogen and oxygen atoms in total. The summed E-state index contributed by atoms with van der Waals surface area (Å²) in [4.78, 5) is 38.0. The fraction of sp³-hybridized carbons (Fsp3) is 0.625. The fourth-order valence-electron chi connectivity index (χ4n) is 5.73. The van der Waals surface area contributed by atoms with Crippen LogP contribution in [0.25, 0.3) is 0 Å². The molecule has 32 heavy (non-hydrogen) atoms. The Morgan fingerprint density at radius 1 is 1.12 bits per heavy atom. The van der Waals surface area contributed by atoms with Gasteiger partial charge in [-0.25, -0.2) is 4.39 Å². The summed E-state index contributed by atoms with van der Waals surface area (Å²) in [6.07, 6.45) is 6.61. The van der Waals surface area contributed by atoms with Gasteiger partial charge < -0.3 is 15.0 Å². The molecule has 0 bridgehead atoms. The van der Waals surface area contributed by atoms with Crippen molar-refractivity contribution < 1.29 is 23.5 Å². The molecule has 4 atom stereocenters. The standard InChI is InChI=1S/C24H30FN3O4/c25-22-15(11-14-3-1-2-4-19(14)26-16-9-10-32-13-16)5-6-17-18(22)12-28(24(17)31)20-7-8-21(29)27-23(20)30/h5-6,14,16,19-20,26H,1-4,7-13H2,(H,27,29,30)/t14-,16+,19+,20?/m1/s1. The van der Waals surface area contributed by atoms with Crippen LogP contribution in [-0.2, 0) is 27.3 Å². The smallest absolute Gasteiger partial charge is 0.255 e. The Bertz CT molecular complexity index is 930. The van der Waals surface area contributed by atoms with E-state index in [1.807, 2.05) is 0 Å². The van der Waals surface area contributed by atoms with E-state index in [-0.39, 0.29) is 37.0 Å². The number of carbonyl (C=O) groups excluding carboxylic acids is 3. The molecule has 0 radical (unpaired) electrons. The highest BCUT2D eigenvalue weighted by Gasteiger charge is 2.40. The Kier molecular flexibility index (Phi) is 5.99. The fourth-order valence-corrected chi connectivity index (χ4v) is 5.73. The van der Waals surface area contributed by atoms with Crippen LogP contribution in [0.2, 0.25) is 0 Å². The van der Waals surface area contributed by atoms with E-state index in [1.165, 1.54) is 11.3 Å². The lowest BCUT2D eigenvalue weighted by Crippen LogP contribution is -2.52. The van der Waals surface area contributed by atoms with Crippen molar-refractivity contribution in [3.8, 4) is 0 Å². The zero-order chi connectivity index (χ0) is 22.2. The van der Waals surface area contributed by atoms with Gasteiger partial charge in [-0.2, -0.15) is 0 Å². The second-order valence-electron chi connectivity index (χ2n) is 9.55. The number of fused-ring (bicyclic) bond motifs is 1. The molecule has 3 heterocycles. The number of ether oxygens (including phenoxy) is 1. The van der Waals surface area contributed by atoms with Crippen molar-refractivity contribution in [2.75, 3.05) is 13.2 Å². The van der Waals surface area contributed by atoms with Gasteiger partial charge in [0.15, 0.2) is 0 Å². The Morgan fingerprint density at radius 3 is 2.75 bits per heavy atom. The third-order valence-corrected chi connectivity index (χ3v) is 7.50. The van der Waals surface area contributed by atoms with E-state index in [9.17, 15) is 14.4 Å². The first kappa shape index (κ1) is 21.5. The molecule has 3 fully saturated rings. The minimum absolute atomic E-state index is 0.0753. The van der Waals surface area contributed by atoms with Crippen LogP contribution in [0.15, 0.2) is 12.1 Å². The van der Waals surface area contributed by atoms with Gasteiger partial charge in [0.25, 0.3) is 5.91 Å². The van der Waals surface area contributed by atoms with Crippen LogP contribution in [0.3, 0.4) is 0 Å². The molecule has 3 amide bonds. The summed E-state index contributed by atoms with van der Waals surface area (Å²) < 4.78 is 21.1. The van der Waals surface area contributed by atoms with Gasteiger partial charge in [0, 0.05) is 36.2 Å². The second-order valence-corrected chi connectivity index (χ2v) is 9.55. The maximum Gasteiger partial charge on any atom is 0.255 e. The van der Waals surface area contributed by atoms with Gasteiger partial charge in [-0.3, -0.25) is 19.7 Å². The molecule has 2 saturated heterocycles. The van der Waals surface area contributed by atoms with Crippen molar-refractivity contribution in [3.63, 3.8) is 0 Å². The van der Waals surface area contributed by atoms with Gasteiger partial charge in [0.2, 0.25) is 11.8 Å². The molecule has 172 valence electrons. The highest BCUT2D eigenvalue weighted by atomic mass is 19.1. The molecule has 1 unspecified atom stereocenters. The second kappa shape index (κ2) is 8.90. The van der Waals surface area contributed by atoms with Gasteiger partial charge in [0.05, 0.1) is 13.2 Å². The van der Waals surface area contributed by atoms with E-state index >= 15 is 4.39 Å². The number of carbonyl (C=O) groups is 3. The van der Waals surface area contributed by atoms with Crippen LogP contribution >= 0.6 is 0 Å². The van der Waals surface area contributed by atoms with Crippen molar-refractivity contribution in [2.45, 2.75) is 76.0 Å². The van der Waals surface area contributed by atoms with E-state index in [0.717, 1.165) is 38.9 Å². The molecule has 8 heteroatoms. The van der Waals surface area contributed by atoms with Crippen molar-refractivity contribution in [2.24, 2.45) is 5.92 Å². The van der Waals surface area contributed by atoms with Crippen LogP contribution in [0.5, 0.6) is 0 Å². The first-order chi connectivity index (χ1) is 15.5. The quantitative estimate of drug-likeness (QED) is 0.681. The summed E-state index contributed by atoms with van der Waals surface area (Å²) in [7, 11) is 0. The van der Waals surface area contributed by atoms with E-state index in [1.54, 1.807) is 12.1 Å². The number of amides is 3. The minimum Gasteiger partial charge on any atom is -0.380 e. The van der Waals surface area contributed by atoms with Crippen LogP contribution in [0.4, 0.5) is 4.39 Å². The third-order valence-electron chi connectivity index (χ3n) is 7.50. The van der Waals surface area contributed by atoms with Crippen LogP contribution < -0.4 is 10.6 Å². The molecular weight excluding hydrogens is 413 g/mol. The monoisotopic (exact) mass is 443 g/mol. The highest BCUT2D eigenvalue weighted by molar-refractivity contribution is 6.05. The molecule has 0 spiro atoms. The molecule has 3 aliphatic heterocycles. The summed E-state index contributed by atoms with van der Waals surface area (Å²) in [6, 6.07) is 3.45. The summed E-state index contributed by atoms with van der Waals surface area (Å²) in [5, 5.41) is 6.03. The Hall–Kier alpha value is -2.32. The molecule has 5 rings (SSSR count). The molecule has 1 aromatic carbocycles. The lowest BCUT2D eigenvalue weighted by molar-refractivity contribution is -0.136. The average Bonchev–Trinajstić information content (AvgIpc) is 3.40. The maximum absolute atomic E-state index is 15.6. The van der Waals surface area contributed by atoms with Gasteiger partial charge >= 0.3 is 0 Å².